The maximum Gasteiger partial charge on any atom is 0.191 e. The molecule has 0 fully saturated rings. The molecule has 0 saturated heterocycles. The van der Waals surface area contributed by atoms with Gasteiger partial charge in [0, 0.05) is 46.4 Å². The molecule has 0 radical (unpaired) electrons. The monoisotopic (exact) mass is 711 g/mol. The largest absolute Gasteiger partial charge is 0.373 e. The minimum Gasteiger partial charge on any atom is -0.373 e. The summed E-state index contributed by atoms with van der Waals surface area (Å²) in [4.78, 5) is 16.3. The van der Waals surface area contributed by atoms with Gasteiger partial charge < -0.3 is 10.2 Å². The van der Waals surface area contributed by atoms with Crippen molar-refractivity contribution in [2.45, 2.75) is 40.5 Å². The summed E-state index contributed by atoms with van der Waals surface area (Å²) in [7, 11) is 3.94. The molecule has 6 rings (SSSR count). The molecule has 0 unspecified atom stereocenters. The van der Waals surface area contributed by atoms with E-state index in [2.05, 4.69) is 95.7 Å². The van der Waals surface area contributed by atoms with Crippen LogP contribution in [0.2, 0.25) is 0 Å². The van der Waals surface area contributed by atoms with Crippen LogP contribution in [0.4, 0.5) is 21.2 Å². The Morgan fingerprint density at radius 2 is 1.45 bits per heavy atom. The lowest BCUT2D eigenvalue weighted by molar-refractivity contribution is 0.628. The van der Waals surface area contributed by atoms with E-state index in [4.69, 9.17) is 9.97 Å². The van der Waals surface area contributed by atoms with Gasteiger partial charge in [-0.05, 0) is 106 Å². The Hall–Kier alpha value is -3.28. The number of rotatable bonds is 6. The van der Waals surface area contributed by atoms with Crippen LogP contribution in [0.15, 0.2) is 63.1 Å². The standard InChI is InChI=1S/C20H18BrFN4S.C11H14BrN3/c1-4-16-19(26-10-14(21)9-12(2)18(26)23-16)25(3)20-24-17(11-27-20)13-5-7-15(22)8-6-13;1-4-9-11(13-3)15-6-8(12)5-7(2)10(15)14-9/h5-11H,4H2,1-3H3;5-6,13H,4H2,1-3H3. The van der Waals surface area contributed by atoms with Crippen LogP contribution >= 0.6 is 43.2 Å². The van der Waals surface area contributed by atoms with E-state index in [-0.39, 0.29) is 5.82 Å². The Bertz CT molecular complexity index is 1870. The van der Waals surface area contributed by atoms with Gasteiger partial charge in [-0.15, -0.1) is 11.3 Å². The average molecular weight is 714 g/mol. The Morgan fingerprint density at radius 1 is 0.881 bits per heavy atom. The van der Waals surface area contributed by atoms with Crippen molar-refractivity contribution in [3.63, 3.8) is 0 Å². The van der Waals surface area contributed by atoms with E-state index in [0.29, 0.717) is 0 Å². The fourth-order valence-corrected chi connectivity index (χ4v) is 6.88. The van der Waals surface area contributed by atoms with Crippen molar-refractivity contribution in [3.05, 3.63) is 91.4 Å². The van der Waals surface area contributed by atoms with Crippen molar-refractivity contribution in [3.8, 4) is 11.3 Å². The normalized spacial score (nSPS) is 11.2. The molecule has 6 aromatic rings. The highest BCUT2D eigenvalue weighted by Crippen LogP contribution is 2.35. The van der Waals surface area contributed by atoms with Gasteiger partial charge in [0.05, 0.1) is 17.1 Å². The number of benzene rings is 1. The van der Waals surface area contributed by atoms with Crippen LogP contribution in [-0.2, 0) is 12.8 Å². The van der Waals surface area contributed by atoms with Crippen molar-refractivity contribution in [1.29, 1.82) is 0 Å². The van der Waals surface area contributed by atoms with E-state index in [9.17, 15) is 4.39 Å². The third-order valence-electron chi connectivity index (χ3n) is 7.00. The highest BCUT2D eigenvalue weighted by molar-refractivity contribution is 9.10. The van der Waals surface area contributed by atoms with E-state index in [1.54, 1.807) is 23.5 Å². The van der Waals surface area contributed by atoms with E-state index < -0.39 is 0 Å². The number of halogens is 3. The second-order valence-corrected chi connectivity index (χ2v) is 12.6. The van der Waals surface area contributed by atoms with Gasteiger partial charge in [0.1, 0.15) is 28.7 Å². The molecule has 5 aromatic heterocycles. The molecule has 0 aliphatic heterocycles. The number of nitrogens with zero attached hydrogens (tertiary/aromatic N) is 6. The fraction of sp³-hybridized carbons (Fsp3) is 0.258. The molecule has 1 N–H and O–H groups in total. The number of nitrogens with one attached hydrogen (secondary N) is 1. The first-order valence-corrected chi connectivity index (χ1v) is 16.1. The van der Waals surface area contributed by atoms with Gasteiger partial charge in [-0.3, -0.25) is 8.80 Å². The van der Waals surface area contributed by atoms with Crippen LogP contribution in [0.1, 0.15) is 36.4 Å². The van der Waals surface area contributed by atoms with Crippen molar-refractivity contribution in [2.24, 2.45) is 0 Å². The lowest BCUT2D eigenvalue weighted by Crippen LogP contribution is -2.13. The number of aryl methyl sites for hydroxylation is 4. The second kappa shape index (κ2) is 12.5. The Labute approximate surface area is 265 Å². The number of anilines is 3. The molecule has 0 aliphatic rings. The van der Waals surface area contributed by atoms with Gasteiger partial charge in [-0.25, -0.2) is 19.3 Å². The number of fused-ring (bicyclic) bond motifs is 2. The molecule has 1 aromatic carbocycles. The Morgan fingerprint density at radius 3 is 2.05 bits per heavy atom. The summed E-state index contributed by atoms with van der Waals surface area (Å²) in [6, 6.07) is 10.6. The summed E-state index contributed by atoms with van der Waals surface area (Å²) < 4.78 is 19.5. The molecule has 7 nitrogen and oxygen atoms in total. The molecule has 0 spiro atoms. The van der Waals surface area contributed by atoms with Crippen LogP contribution in [0.25, 0.3) is 22.6 Å². The number of thiazole rings is 1. The molecular weight excluding hydrogens is 681 g/mol. The van der Waals surface area contributed by atoms with Gasteiger partial charge in [0.25, 0.3) is 0 Å². The topological polar surface area (TPSA) is 62.8 Å². The summed E-state index contributed by atoms with van der Waals surface area (Å²) in [5.74, 6) is 1.85. The predicted octanol–water partition coefficient (Wildman–Crippen LogP) is 9.01. The third-order valence-corrected chi connectivity index (χ3v) is 8.79. The van der Waals surface area contributed by atoms with Crippen molar-refractivity contribution in [1.82, 2.24) is 23.8 Å². The van der Waals surface area contributed by atoms with Gasteiger partial charge in [-0.2, -0.15) is 0 Å². The molecule has 0 amide bonds. The fourth-order valence-electron chi connectivity index (χ4n) is 4.98. The zero-order valence-corrected chi connectivity index (χ0v) is 28.3. The molecule has 5 heterocycles. The van der Waals surface area contributed by atoms with Crippen molar-refractivity contribution in [2.75, 3.05) is 24.3 Å². The zero-order chi connectivity index (χ0) is 30.1. The predicted molar refractivity (Wildman–Crippen MR) is 179 cm³/mol. The van der Waals surface area contributed by atoms with Gasteiger partial charge in [0.2, 0.25) is 0 Å². The van der Waals surface area contributed by atoms with Gasteiger partial charge in [-0.1, -0.05) is 13.8 Å². The molecule has 0 aliphatic carbocycles. The van der Waals surface area contributed by atoms with E-state index in [1.807, 2.05) is 31.9 Å². The van der Waals surface area contributed by atoms with Crippen LogP contribution < -0.4 is 10.2 Å². The number of pyridine rings is 2. The first-order chi connectivity index (χ1) is 20.1. The van der Waals surface area contributed by atoms with Gasteiger partial charge >= 0.3 is 0 Å². The second-order valence-electron chi connectivity index (χ2n) is 9.90. The quantitative estimate of drug-likeness (QED) is 0.187. The SMILES string of the molecule is CCc1nc2c(C)cc(Br)cn2c1N(C)c1nc(-c2ccc(F)cc2)cs1.CCc1nc2c(C)cc(Br)cn2c1NC. The van der Waals surface area contributed by atoms with Crippen LogP contribution in [0, 0.1) is 19.7 Å². The number of hydrogen-bond acceptors (Lipinski definition) is 6. The maximum atomic E-state index is 13.2. The molecular formula is C31H32Br2FN7S. The lowest BCUT2D eigenvalue weighted by atomic mass is 10.2. The zero-order valence-electron chi connectivity index (χ0n) is 24.3. The summed E-state index contributed by atoms with van der Waals surface area (Å²) in [6.45, 7) is 8.36. The molecule has 0 bridgehead atoms. The molecule has 218 valence electrons. The third kappa shape index (κ3) is 5.82. The molecule has 42 heavy (non-hydrogen) atoms. The summed E-state index contributed by atoms with van der Waals surface area (Å²) in [5.41, 5.74) is 8.15. The maximum absolute atomic E-state index is 13.2. The van der Waals surface area contributed by atoms with E-state index in [0.717, 1.165) is 78.1 Å². The average Bonchev–Trinajstić information content (AvgIpc) is 3.69. The highest BCUT2D eigenvalue weighted by atomic mass is 79.9. The Kier molecular flexibility index (Phi) is 9.00. The Balaban J connectivity index is 0.000000199. The molecule has 0 saturated carbocycles. The first-order valence-electron chi connectivity index (χ1n) is 13.6. The summed E-state index contributed by atoms with van der Waals surface area (Å²) in [5, 5.41) is 6.06. The number of hydrogen-bond donors (Lipinski definition) is 1. The summed E-state index contributed by atoms with van der Waals surface area (Å²) >= 11 is 8.64. The van der Waals surface area contributed by atoms with Crippen LogP contribution in [0.3, 0.4) is 0 Å². The minimum absolute atomic E-state index is 0.245. The van der Waals surface area contributed by atoms with E-state index >= 15 is 0 Å². The smallest absolute Gasteiger partial charge is 0.191 e. The number of aromatic nitrogens is 5. The highest BCUT2D eigenvalue weighted by Gasteiger charge is 2.20. The number of imidazole rings is 2. The van der Waals surface area contributed by atoms with Crippen molar-refractivity contribution < 1.29 is 4.39 Å². The first kappa shape index (κ1) is 30.2. The van der Waals surface area contributed by atoms with Gasteiger partial charge in [0.15, 0.2) is 5.13 Å². The van der Waals surface area contributed by atoms with Crippen LogP contribution in [0.5, 0.6) is 0 Å². The van der Waals surface area contributed by atoms with Crippen LogP contribution in [-0.4, -0.2) is 37.8 Å². The summed E-state index contributed by atoms with van der Waals surface area (Å²) in [6.07, 6.45) is 5.85. The van der Waals surface area contributed by atoms with Crippen molar-refractivity contribution >= 4 is 71.3 Å². The minimum atomic E-state index is -0.245. The van der Waals surface area contributed by atoms with E-state index in [1.165, 1.54) is 17.7 Å². The lowest BCUT2D eigenvalue weighted by Gasteiger charge is -2.17. The molecule has 0 atom stereocenters. The molecule has 11 heteroatoms.